The Morgan fingerprint density at radius 3 is 2.51 bits per heavy atom. The van der Waals surface area contributed by atoms with E-state index in [9.17, 15) is 14.0 Å². The van der Waals surface area contributed by atoms with Crippen molar-refractivity contribution in [3.8, 4) is 11.1 Å². The van der Waals surface area contributed by atoms with Crippen LogP contribution >= 0.6 is 23.1 Å². The number of anilines is 1. The van der Waals surface area contributed by atoms with Crippen molar-refractivity contribution in [3.05, 3.63) is 95.0 Å². The first-order valence-corrected chi connectivity index (χ1v) is 13.9. The third-order valence-electron chi connectivity index (χ3n) is 6.29. The largest absolute Gasteiger partial charge is 0.342 e. The number of aromatic nitrogens is 2. The molecule has 0 aliphatic carbocycles. The van der Waals surface area contributed by atoms with Crippen LogP contribution in [0.25, 0.3) is 11.1 Å². The number of halogens is 1. The summed E-state index contributed by atoms with van der Waals surface area (Å²) in [7, 11) is 0. The van der Waals surface area contributed by atoms with Crippen molar-refractivity contribution in [2.75, 3.05) is 24.2 Å². The number of benzene rings is 2. The van der Waals surface area contributed by atoms with E-state index in [4.69, 9.17) is 0 Å². The molecule has 37 heavy (non-hydrogen) atoms. The van der Waals surface area contributed by atoms with E-state index in [-0.39, 0.29) is 23.5 Å². The van der Waals surface area contributed by atoms with E-state index < -0.39 is 0 Å². The maximum atomic E-state index is 13.4. The van der Waals surface area contributed by atoms with Crippen LogP contribution in [0.2, 0.25) is 0 Å². The van der Waals surface area contributed by atoms with Crippen LogP contribution in [-0.4, -0.2) is 45.5 Å². The number of pyridine rings is 1. The van der Waals surface area contributed by atoms with E-state index in [0.717, 1.165) is 33.9 Å². The first kappa shape index (κ1) is 25.1. The summed E-state index contributed by atoms with van der Waals surface area (Å²) in [5.41, 5.74) is 2.65. The van der Waals surface area contributed by atoms with Gasteiger partial charge in [0.15, 0.2) is 0 Å². The molecular weight excluding hydrogens is 507 g/mol. The number of thiazole rings is 1. The van der Waals surface area contributed by atoms with E-state index in [1.165, 1.54) is 35.2 Å². The summed E-state index contributed by atoms with van der Waals surface area (Å²) in [6.45, 7) is 1.37. The molecule has 1 N–H and O–H groups in total. The van der Waals surface area contributed by atoms with Crippen LogP contribution in [0.4, 0.5) is 10.1 Å². The number of nitrogens with zero attached hydrogens (tertiary/aromatic N) is 3. The molecule has 9 heteroatoms. The first-order valence-electron chi connectivity index (χ1n) is 12.0. The maximum Gasteiger partial charge on any atom is 0.275 e. The lowest BCUT2D eigenvalue weighted by molar-refractivity contribution is -0.129. The molecule has 0 radical (unpaired) electrons. The third-order valence-corrected chi connectivity index (χ3v) is 8.30. The maximum absolute atomic E-state index is 13.4. The van der Waals surface area contributed by atoms with Crippen LogP contribution < -0.4 is 5.32 Å². The molecule has 3 heterocycles. The number of piperidine rings is 1. The number of likely N-dealkylation sites (tertiary alicyclic amines) is 1. The molecular formula is C28H25FN4O2S2. The van der Waals surface area contributed by atoms with Gasteiger partial charge in [-0.15, -0.1) is 23.1 Å². The fourth-order valence-corrected chi connectivity index (χ4v) is 6.04. The topological polar surface area (TPSA) is 75.2 Å². The average Bonchev–Trinajstić information content (AvgIpc) is 3.44. The van der Waals surface area contributed by atoms with Crippen LogP contribution in [-0.2, 0) is 4.79 Å². The van der Waals surface area contributed by atoms with Crippen LogP contribution in [0.15, 0.2) is 83.3 Å². The Bertz CT molecular complexity index is 1370. The Hall–Kier alpha value is -3.56. The zero-order valence-electron chi connectivity index (χ0n) is 20.0. The average molecular weight is 533 g/mol. The van der Waals surface area contributed by atoms with Gasteiger partial charge in [0.25, 0.3) is 5.91 Å². The molecule has 0 atom stereocenters. The molecule has 188 valence electrons. The predicted octanol–water partition coefficient (Wildman–Crippen LogP) is 6.09. The second-order valence-electron chi connectivity index (χ2n) is 8.70. The van der Waals surface area contributed by atoms with Crippen LogP contribution in [0.5, 0.6) is 0 Å². The summed E-state index contributed by atoms with van der Waals surface area (Å²) < 4.78 is 13.4. The smallest absolute Gasteiger partial charge is 0.275 e. The van der Waals surface area contributed by atoms with Gasteiger partial charge in [0, 0.05) is 52.9 Å². The molecule has 0 saturated carbocycles. The summed E-state index contributed by atoms with van der Waals surface area (Å²) >= 11 is 3.01. The lowest BCUT2D eigenvalue weighted by atomic mass is 9.97. The Morgan fingerprint density at radius 1 is 1.03 bits per heavy atom. The van der Waals surface area contributed by atoms with E-state index in [0.29, 0.717) is 30.2 Å². The molecule has 1 saturated heterocycles. The number of hydrogen-bond acceptors (Lipinski definition) is 6. The standard InChI is InChI=1S/C28H25FN4O2S2/c29-21-7-5-19(6-8-21)23-3-1-2-4-24(23)31-27(35)25-17-37-28(32-25)20-11-15-33(16-12-20)26(34)18-36-22-9-13-30-14-10-22/h1-10,13-14,17,20H,11-12,15-16,18H2,(H,31,35). The minimum Gasteiger partial charge on any atom is -0.342 e. The number of amides is 2. The zero-order chi connectivity index (χ0) is 25.6. The van der Waals surface area contributed by atoms with Crippen LogP contribution in [0.1, 0.15) is 34.3 Å². The highest BCUT2D eigenvalue weighted by atomic mass is 32.2. The molecule has 1 aliphatic heterocycles. The molecule has 0 unspecified atom stereocenters. The fraction of sp³-hybridized carbons (Fsp3) is 0.214. The number of hydrogen-bond donors (Lipinski definition) is 1. The van der Waals surface area contributed by atoms with Gasteiger partial charge in [0.05, 0.1) is 10.8 Å². The van der Waals surface area contributed by atoms with Gasteiger partial charge in [-0.05, 0) is 48.7 Å². The zero-order valence-corrected chi connectivity index (χ0v) is 21.6. The van der Waals surface area contributed by atoms with Crippen molar-refractivity contribution in [2.24, 2.45) is 0 Å². The van der Waals surface area contributed by atoms with E-state index in [1.54, 1.807) is 29.9 Å². The van der Waals surface area contributed by atoms with Gasteiger partial charge < -0.3 is 10.2 Å². The minimum absolute atomic E-state index is 0.138. The first-order chi connectivity index (χ1) is 18.1. The number of carbonyl (C=O) groups is 2. The lowest BCUT2D eigenvalue weighted by Gasteiger charge is -2.31. The van der Waals surface area contributed by atoms with Gasteiger partial charge in [-0.25, -0.2) is 9.37 Å². The second-order valence-corrected chi connectivity index (χ2v) is 10.6. The van der Waals surface area contributed by atoms with Gasteiger partial charge in [0.1, 0.15) is 11.5 Å². The molecule has 0 bridgehead atoms. The molecule has 6 nitrogen and oxygen atoms in total. The Labute approximate surface area is 223 Å². The molecule has 0 spiro atoms. The Balaban J connectivity index is 1.17. The van der Waals surface area contributed by atoms with E-state index >= 15 is 0 Å². The van der Waals surface area contributed by atoms with Crippen molar-refractivity contribution in [1.29, 1.82) is 0 Å². The molecule has 4 aromatic rings. The molecule has 2 aromatic carbocycles. The number of thioether (sulfide) groups is 1. The second kappa shape index (κ2) is 11.7. The van der Waals surface area contributed by atoms with Crippen molar-refractivity contribution < 1.29 is 14.0 Å². The number of para-hydroxylation sites is 1. The fourth-order valence-electron chi connectivity index (χ4n) is 4.29. The molecule has 1 aliphatic rings. The summed E-state index contributed by atoms with van der Waals surface area (Å²) in [6, 6.07) is 17.4. The van der Waals surface area contributed by atoms with E-state index in [1.807, 2.05) is 41.3 Å². The third kappa shape index (κ3) is 6.23. The Morgan fingerprint density at radius 2 is 1.76 bits per heavy atom. The SMILES string of the molecule is O=C(Nc1ccccc1-c1ccc(F)cc1)c1csc(C2CCN(C(=O)CSc3ccncc3)CC2)n1. The highest BCUT2D eigenvalue weighted by molar-refractivity contribution is 8.00. The number of carbonyl (C=O) groups excluding carboxylic acids is 2. The van der Waals surface area contributed by atoms with Crippen LogP contribution in [0.3, 0.4) is 0 Å². The molecule has 5 rings (SSSR count). The molecule has 2 aromatic heterocycles. The number of nitrogens with one attached hydrogen (secondary N) is 1. The molecule has 2 amide bonds. The lowest BCUT2D eigenvalue weighted by Crippen LogP contribution is -2.38. The normalized spacial score (nSPS) is 13.9. The quantitative estimate of drug-likeness (QED) is 0.291. The van der Waals surface area contributed by atoms with Gasteiger partial charge in [0.2, 0.25) is 5.91 Å². The van der Waals surface area contributed by atoms with Gasteiger partial charge >= 0.3 is 0 Å². The highest BCUT2D eigenvalue weighted by Gasteiger charge is 2.26. The number of rotatable bonds is 7. The summed E-state index contributed by atoms with van der Waals surface area (Å²) in [4.78, 5) is 37.2. The summed E-state index contributed by atoms with van der Waals surface area (Å²) in [6.07, 6.45) is 5.11. The molecule has 1 fully saturated rings. The minimum atomic E-state index is -0.306. The van der Waals surface area contributed by atoms with Gasteiger partial charge in [-0.1, -0.05) is 30.3 Å². The highest BCUT2D eigenvalue weighted by Crippen LogP contribution is 2.32. The van der Waals surface area contributed by atoms with Crippen molar-refractivity contribution in [2.45, 2.75) is 23.7 Å². The van der Waals surface area contributed by atoms with Crippen molar-refractivity contribution in [1.82, 2.24) is 14.9 Å². The predicted molar refractivity (Wildman–Crippen MR) is 145 cm³/mol. The van der Waals surface area contributed by atoms with Crippen LogP contribution in [0, 0.1) is 5.82 Å². The van der Waals surface area contributed by atoms with Gasteiger partial charge in [-0.2, -0.15) is 0 Å². The van der Waals surface area contributed by atoms with Crippen molar-refractivity contribution in [3.63, 3.8) is 0 Å². The Kier molecular flexibility index (Phi) is 7.91. The summed E-state index contributed by atoms with van der Waals surface area (Å²) in [5.74, 6) is 0.196. The van der Waals surface area contributed by atoms with Crippen molar-refractivity contribution >= 4 is 40.6 Å². The van der Waals surface area contributed by atoms with E-state index in [2.05, 4.69) is 15.3 Å². The van der Waals surface area contributed by atoms with Gasteiger partial charge in [-0.3, -0.25) is 14.6 Å². The summed E-state index contributed by atoms with van der Waals surface area (Å²) in [5, 5.41) is 5.67. The monoisotopic (exact) mass is 532 g/mol.